The zero-order chi connectivity index (χ0) is 16.5. The molecule has 23 heavy (non-hydrogen) atoms. The van der Waals surface area contributed by atoms with Crippen molar-refractivity contribution in [2.45, 2.75) is 57.9 Å². The van der Waals surface area contributed by atoms with E-state index in [-0.39, 0.29) is 18.0 Å². The van der Waals surface area contributed by atoms with Gasteiger partial charge >= 0.3 is 6.09 Å². The highest BCUT2D eigenvalue weighted by atomic mass is 16.6. The van der Waals surface area contributed by atoms with Crippen molar-refractivity contribution < 1.29 is 14.3 Å². The predicted octanol–water partition coefficient (Wildman–Crippen LogP) is 1.99. The summed E-state index contributed by atoms with van der Waals surface area (Å²) < 4.78 is 5.01. The molecular formula is C17H31N3O3. The van der Waals surface area contributed by atoms with Crippen LogP contribution in [0.1, 0.15) is 51.9 Å². The van der Waals surface area contributed by atoms with E-state index in [0.29, 0.717) is 26.1 Å². The molecule has 2 heterocycles. The van der Waals surface area contributed by atoms with Gasteiger partial charge in [0.05, 0.1) is 6.61 Å². The van der Waals surface area contributed by atoms with Gasteiger partial charge in [-0.05, 0) is 45.7 Å². The van der Waals surface area contributed by atoms with Crippen LogP contribution < -0.4 is 5.32 Å². The first-order chi connectivity index (χ1) is 11.2. The Hall–Kier alpha value is -1.30. The van der Waals surface area contributed by atoms with Gasteiger partial charge in [0, 0.05) is 32.1 Å². The van der Waals surface area contributed by atoms with Crippen molar-refractivity contribution in [1.82, 2.24) is 15.1 Å². The number of likely N-dealkylation sites (tertiary alicyclic amines) is 2. The Kier molecular flexibility index (Phi) is 7.65. The lowest BCUT2D eigenvalue weighted by atomic mass is 10.1. The van der Waals surface area contributed by atoms with E-state index in [1.165, 1.54) is 25.7 Å². The topological polar surface area (TPSA) is 61.9 Å². The van der Waals surface area contributed by atoms with Crippen LogP contribution in [0.3, 0.4) is 0 Å². The molecule has 2 aliphatic rings. The Balaban J connectivity index is 1.61. The molecule has 6 nitrogen and oxygen atoms in total. The van der Waals surface area contributed by atoms with Gasteiger partial charge < -0.3 is 19.9 Å². The zero-order valence-corrected chi connectivity index (χ0v) is 14.4. The number of carbonyl (C=O) groups is 2. The maximum Gasteiger partial charge on any atom is 0.409 e. The van der Waals surface area contributed by atoms with Crippen LogP contribution in [0, 0.1) is 0 Å². The number of hydrogen-bond acceptors (Lipinski definition) is 4. The minimum Gasteiger partial charge on any atom is -0.450 e. The summed E-state index contributed by atoms with van der Waals surface area (Å²) in [6.07, 6.45) is 7.13. The second-order valence-corrected chi connectivity index (χ2v) is 6.53. The number of piperidine rings is 1. The Morgan fingerprint density at radius 3 is 2.30 bits per heavy atom. The largest absolute Gasteiger partial charge is 0.450 e. The Morgan fingerprint density at radius 2 is 1.70 bits per heavy atom. The first kappa shape index (κ1) is 18.0. The van der Waals surface area contributed by atoms with Gasteiger partial charge in [-0.3, -0.25) is 4.79 Å². The molecule has 6 heteroatoms. The first-order valence-electron chi connectivity index (χ1n) is 9.12. The van der Waals surface area contributed by atoms with Gasteiger partial charge in [0.1, 0.15) is 0 Å². The van der Waals surface area contributed by atoms with Gasteiger partial charge in [-0.25, -0.2) is 4.79 Å². The van der Waals surface area contributed by atoms with Crippen LogP contribution in [0.4, 0.5) is 4.79 Å². The monoisotopic (exact) mass is 325 g/mol. The molecule has 0 radical (unpaired) electrons. The van der Waals surface area contributed by atoms with Crippen LogP contribution in [0.5, 0.6) is 0 Å². The van der Waals surface area contributed by atoms with Gasteiger partial charge in [-0.2, -0.15) is 0 Å². The van der Waals surface area contributed by atoms with Gasteiger partial charge in [-0.15, -0.1) is 0 Å². The molecule has 0 aromatic rings. The summed E-state index contributed by atoms with van der Waals surface area (Å²) in [4.78, 5) is 27.9. The first-order valence-corrected chi connectivity index (χ1v) is 9.12. The molecule has 0 aliphatic carbocycles. The van der Waals surface area contributed by atoms with Crippen LogP contribution in [-0.4, -0.2) is 67.2 Å². The predicted molar refractivity (Wildman–Crippen MR) is 89.3 cm³/mol. The van der Waals surface area contributed by atoms with Gasteiger partial charge in [-0.1, -0.05) is 12.8 Å². The van der Waals surface area contributed by atoms with Crippen LogP contribution in [0.25, 0.3) is 0 Å². The van der Waals surface area contributed by atoms with Crippen molar-refractivity contribution in [2.24, 2.45) is 0 Å². The van der Waals surface area contributed by atoms with Gasteiger partial charge in [0.25, 0.3) is 0 Å². The summed E-state index contributed by atoms with van der Waals surface area (Å²) in [5, 5.41) is 3.12. The van der Waals surface area contributed by atoms with Crippen LogP contribution >= 0.6 is 0 Å². The molecule has 2 aliphatic heterocycles. The number of rotatable bonds is 5. The number of ether oxygens (including phenoxy) is 1. The number of hydrogen-bond donors (Lipinski definition) is 1. The summed E-state index contributed by atoms with van der Waals surface area (Å²) >= 11 is 0. The lowest BCUT2D eigenvalue weighted by Gasteiger charge is -2.31. The molecule has 2 amide bonds. The summed E-state index contributed by atoms with van der Waals surface area (Å²) in [5.74, 6) is 0.142. The third-order valence-corrected chi connectivity index (χ3v) is 4.74. The smallest absolute Gasteiger partial charge is 0.409 e. The van der Waals surface area contributed by atoms with E-state index in [4.69, 9.17) is 4.74 Å². The standard InChI is InChI=1S/C17H31N3O3/c1-2-23-17(22)20-13-7-15(8-14-20)18-16(21)9-12-19-10-5-3-4-6-11-19/h15H,2-14H2,1H3,(H,18,21). The van der Waals surface area contributed by atoms with Crippen molar-refractivity contribution in [2.75, 3.05) is 39.3 Å². The number of nitrogens with one attached hydrogen (secondary N) is 1. The molecule has 0 spiro atoms. The molecule has 0 aromatic heterocycles. The van der Waals surface area contributed by atoms with Crippen molar-refractivity contribution >= 4 is 12.0 Å². The van der Waals surface area contributed by atoms with E-state index < -0.39 is 0 Å². The van der Waals surface area contributed by atoms with E-state index >= 15 is 0 Å². The van der Waals surface area contributed by atoms with Crippen LogP contribution in [0.2, 0.25) is 0 Å². The normalized spacial score (nSPS) is 20.8. The molecule has 0 atom stereocenters. The fraction of sp³-hybridized carbons (Fsp3) is 0.882. The van der Waals surface area contributed by atoms with E-state index in [9.17, 15) is 9.59 Å². The SMILES string of the molecule is CCOC(=O)N1CCC(NC(=O)CCN2CCCCCC2)CC1. The average molecular weight is 325 g/mol. The lowest BCUT2D eigenvalue weighted by Crippen LogP contribution is -2.47. The van der Waals surface area contributed by atoms with E-state index in [2.05, 4.69) is 10.2 Å². The average Bonchev–Trinajstić information content (AvgIpc) is 2.82. The van der Waals surface area contributed by atoms with Gasteiger partial charge in [0.2, 0.25) is 5.91 Å². The molecule has 2 fully saturated rings. The highest BCUT2D eigenvalue weighted by Gasteiger charge is 2.24. The number of nitrogens with zero attached hydrogens (tertiary/aromatic N) is 2. The zero-order valence-electron chi connectivity index (χ0n) is 14.4. The quantitative estimate of drug-likeness (QED) is 0.840. The lowest BCUT2D eigenvalue weighted by molar-refractivity contribution is -0.122. The third-order valence-electron chi connectivity index (χ3n) is 4.74. The molecule has 0 bridgehead atoms. The fourth-order valence-corrected chi connectivity index (χ4v) is 3.34. The molecule has 0 unspecified atom stereocenters. The summed E-state index contributed by atoms with van der Waals surface area (Å²) in [5.41, 5.74) is 0. The van der Waals surface area contributed by atoms with E-state index in [1.807, 2.05) is 6.92 Å². The maximum atomic E-state index is 12.1. The van der Waals surface area contributed by atoms with E-state index in [0.717, 1.165) is 32.5 Å². The van der Waals surface area contributed by atoms with E-state index in [1.54, 1.807) is 4.90 Å². The molecule has 0 saturated carbocycles. The van der Waals surface area contributed by atoms with Crippen LogP contribution in [0.15, 0.2) is 0 Å². The highest BCUT2D eigenvalue weighted by molar-refractivity contribution is 5.76. The second-order valence-electron chi connectivity index (χ2n) is 6.53. The molecule has 2 rings (SSSR count). The molecule has 1 N–H and O–H groups in total. The molecule has 0 aromatic carbocycles. The van der Waals surface area contributed by atoms with Crippen molar-refractivity contribution in [3.63, 3.8) is 0 Å². The Bertz CT molecular complexity index is 373. The summed E-state index contributed by atoms with van der Waals surface area (Å²) in [7, 11) is 0. The molecule has 132 valence electrons. The Morgan fingerprint density at radius 1 is 1.04 bits per heavy atom. The molecular weight excluding hydrogens is 294 g/mol. The van der Waals surface area contributed by atoms with Crippen LogP contribution in [-0.2, 0) is 9.53 Å². The number of carbonyl (C=O) groups excluding carboxylic acids is 2. The third kappa shape index (κ3) is 6.37. The summed E-state index contributed by atoms with van der Waals surface area (Å²) in [6, 6.07) is 0.192. The van der Waals surface area contributed by atoms with Gasteiger partial charge in [0.15, 0.2) is 0 Å². The number of amides is 2. The minimum absolute atomic E-state index is 0.142. The highest BCUT2D eigenvalue weighted by Crippen LogP contribution is 2.12. The van der Waals surface area contributed by atoms with Crippen molar-refractivity contribution in [3.05, 3.63) is 0 Å². The Labute approximate surface area is 139 Å². The minimum atomic E-state index is -0.238. The maximum absolute atomic E-state index is 12.1. The fourth-order valence-electron chi connectivity index (χ4n) is 3.34. The van der Waals surface area contributed by atoms with Crippen molar-refractivity contribution in [1.29, 1.82) is 0 Å². The van der Waals surface area contributed by atoms with Crippen molar-refractivity contribution in [3.8, 4) is 0 Å². The summed E-state index contributed by atoms with van der Waals surface area (Å²) in [6.45, 7) is 6.68. The molecule has 2 saturated heterocycles. The second kappa shape index (κ2) is 9.75.